The molecule has 0 unspecified atom stereocenters. The maximum absolute atomic E-state index is 11.1. The summed E-state index contributed by atoms with van der Waals surface area (Å²) in [6.07, 6.45) is 8.59. The number of rotatable bonds is 2. The van der Waals surface area contributed by atoms with E-state index in [9.17, 15) is 4.79 Å². The second kappa shape index (κ2) is 4.21. The largest absolute Gasteiger partial charge is 0.464 e. The van der Waals surface area contributed by atoms with Crippen LogP contribution in [-0.4, -0.2) is 23.0 Å². The summed E-state index contributed by atoms with van der Waals surface area (Å²) in [5.41, 5.74) is 2.33. The summed E-state index contributed by atoms with van der Waals surface area (Å²) < 4.78 is 4.55. The third-order valence-electron chi connectivity index (χ3n) is 2.42. The third kappa shape index (κ3) is 2.03. The van der Waals surface area contributed by atoms with E-state index in [1.54, 1.807) is 6.20 Å². The number of carbonyl (C=O) groups excluding carboxylic acids is 1. The van der Waals surface area contributed by atoms with Gasteiger partial charge >= 0.3 is 5.97 Å². The Morgan fingerprint density at radius 3 is 2.80 bits per heavy atom. The number of aromatic nitrogens is 2. The van der Waals surface area contributed by atoms with E-state index in [4.69, 9.17) is 0 Å². The van der Waals surface area contributed by atoms with Crippen molar-refractivity contribution in [3.05, 3.63) is 29.9 Å². The topological polar surface area (TPSA) is 52.1 Å². The molecule has 0 saturated carbocycles. The molecule has 0 spiro atoms. The fourth-order valence-electron chi connectivity index (χ4n) is 1.61. The molecule has 0 N–H and O–H groups in total. The summed E-state index contributed by atoms with van der Waals surface area (Å²) >= 11 is 0. The van der Waals surface area contributed by atoms with Gasteiger partial charge in [0.25, 0.3) is 0 Å². The van der Waals surface area contributed by atoms with Crippen molar-refractivity contribution in [1.82, 2.24) is 9.97 Å². The summed E-state index contributed by atoms with van der Waals surface area (Å²) in [6.45, 7) is 0. The van der Waals surface area contributed by atoms with E-state index in [1.165, 1.54) is 25.3 Å². The molecule has 4 nitrogen and oxygen atoms in total. The summed E-state index contributed by atoms with van der Waals surface area (Å²) in [6, 6.07) is 0. The molecule has 0 fully saturated rings. The van der Waals surface area contributed by atoms with Gasteiger partial charge in [0.2, 0.25) is 0 Å². The zero-order valence-electron chi connectivity index (χ0n) is 8.56. The number of allylic oxidation sites excluding steroid dienone is 2. The van der Waals surface area contributed by atoms with Gasteiger partial charge < -0.3 is 4.74 Å². The number of hydrogen-bond acceptors (Lipinski definition) is 4. The Bertz CT molecular complexity index is 396. The minimum absolute atomic E-state index is 0.250. The smallest absolute Gasteiger partial charge is 0.358 e. The van der Waals surface area contributed by atoms with E-state index in [1.807, 2.05) is 0 Å². The molecule has 78 valence electrons. The Labute approximate surface area is 88.0 Å². The highest BCUT2D eigenvalue weighted by Crippen LogP contribution is 2.25. The zero-order valence-corrected chi connectivity index (χ0v) is 8.56. The van der Waals surface area contributed by atoms with Crippen molar-refractivity contribution in [1.29, 1.82) is 0 Å². The average Bonchev–Trinajstić information content (AvgIpc) is 2.82. The van der Waals surface area contributed by atoms with Gasteiger partial charge in [-0.2, -0.15) is 0 Å². The molecule has 0 bridgehead atoms. The van der Waals surface area contributed by atoms with Crippen LogP contribution in [0.15, 0.2) is 18.5 Å². The summed E-state index contributed by atoms with van der Waals surface area (Å²) in [4.78, 5) is 19.3. The number of methoxy groups -OCH3 is 1. The molecule has 1 aliphatic rings. The molecule has 0 aliphatic heterocycles. The quantitative estimate of drug-likeness (QED) is 0.689. The van der Waals surface area contributed by atoms with Crippen LogP contribution in [0.1, 0.15) is 35.4 Å². The number of carbonyl (C=O) groups is 1. The minimum atomic E-state index is -0.450. The van der Waals surface area contributed by atoms with Gasteiger partial charge in [0, 0.05) is 0 Å². The van der Waals surface area contributed by atoms with Gasteiger partial charge in [-0.3, -0.25) is 4.98 Å². The highest BCUT2D eigenvalue weighted by atomic mass is 16.5. The second-order valence-electron chi connectivity index (χ2n) is 3.40. The van der Waals surface area contributed by atoms with Crippen molar-refractivity contribution in [2.24, 2.45) is 0 Å². The lowest BCUT2D eigenvalue weighted by Gasteiger charge is -2.01. The molecule has 1 aliphatic carbocycles. The molecule has 0 atom stereocenters. The van der Waals surface area contributed by atoms with Gasteiger partial charge in [-0.15, -0.1) is 0 Å². The normalized spacial score (nSPS) is 14.9. The lowest BCUT2D eigenvalue weighted by Crippen LogP contribution is -2.05. The van der Waals surface area contributed by atoms with E-state index in [0.717, 1.165) is 18.5 Å². The predicted octanol–water partition coefficient (Wildman–Crippen LogP) is 1.83. The molecule has 15 heavy (non-hydrogen) atoms. The van der Waals surface area contributed by atoms with Crippen LogP contribution in [-0.2, 0) is 4.74 Å². The maximum Gasteiger partial charge on any atom is 0.358 e. The number of hydrogen-bond donors (Lipinski definition) is 0. The van der Waals surface area contributed by atoms with E-state index >= 15 is 0 Å². The second-order valence-corrected chi connectivity index (χ2v) is 3.40. The Hall–Kier alpha value is -1.71. The SMILES string of the molecule is COC(=O)c1cnc(C2=CCCC2)cn1. The van der Waals surface area contributed by atoms with Crippen molar-refractivity contribution in [2.75, 3.05) is 7.11 Å². The average molecular weight is 204 g/mol. The fraction of sp³-hybridized carbons (Fsp3) is 0.364. The summed E-state index contributed by atoms with van der Waals surface area (Å²) in [5, 5.41) is 0. The van der Waals surface area contributed by atoms with Gasteiger partial charge in [-0.1, -0.05) is 6.08 Å². The summed E-state index contributed by atoms with van der Waals surface area (Å²) in [5.74, 6) is -0.450. The molecule has 2 rings (SSSR count). The van der Waals surface area contributed by atoms with Gasteiger partial charge in [0.05, 0.1) is 25.2 Å². The molecular formula is C11H12N2O2. The van der Waals surface area contributed by atoms with E-state index in [0.29, 0.717) is 0 Å². The van der Waals surface area contributed by atoms with Gasteiger partial charge in [-0.25, -0.2) is 9.78 Å². The van der Waals surface area contributed by atoms with Crippen molar-refractivity contribution >= 4 is 11.5 Å². The Balaban J connectivity index is 2.20. The molecule has 0 amide bonds. The molecule has 1 aromatic heterocycles. The number of nitrogens with zero attached hydrogens (tertiary/aromatic N) is 2. The Morgan fingerprint density at radius 1 is 1.40 bits per heavy atom. The first-order valence-electron chi connectivity index (χ1n) is 4.91. The molecule has 0 saturated heterocycles. The minimum Gasteiger partial charge on any atom is -0.464 e. The van der Waals surface area contributed by atoms with Gasteiger partial charge in [0.15, 0.2) is 5.69 Å². The summed E-state index contributed by atoms with van der Waals surface area (Å²) in [7, 11) is 1.33. The lowest BCUT2D eigenvalue weighted by atomic mass is 10.2. The fourth-order valence-corrected chi connectivity index (χ4v) is 1.61. The van der Waals surface area contributed by atoms with Crippen molar-refractivity contribution < 1.29 is 9.53 Å². The van der Waals surface area contributed by atoms with Crippen molar-refractivity contribution in [3.63, 3.8) is 0 Å². The number of esters is 1. The standard InChI is InChI=1S/C11H12N2O2/c1-15-11(14)10-7-12-9(6-13-10)8-4-2-3-5-8/h4,6-7H,2-3,5H2,1H3. The van der Waals surface area contributed by atoms with E-state index < -0.39 is 5.97 Å². The zero-order chi connectivity index (χ0) is 10.7. The molecule has 1 heterocycles. The molecule has 0 aromatic carbocycles. The van der Waals surface area contributed by atoms with E-state index in [2.05, 4.69) is 20.8 Å². The highest BCUT2D eigenvalue weighted by molar-refractivity contribution is 5.86. The lowest BCUT2D eigenvalue weighted by molar-refractivity contribution is 0.0593. The van der Waals surface area contributed by atoms with Crippen LogP contribution < -0.4 is 0 Å². The van der Waals surface area contributed by atoms with Gasteiger partial charge in [0.1, 0.15) is 0 Å². The third-order valence-corrected chi connectivity index (χ3v) is 2.42. The Morgan fingerprint density at radius 2 is 2.27 bits per heavy atom. The highest BCUT2D eigenvalue weighted by Gasteiger charge is 2.11. The van der Waals surface area contributed by atoms with Gasteiger partial charge in [-0.05, 0) is 24.8 Å². The predicted molar refractivity (Wildman–Crippen MR) is 55.2 cm³/mol. The Kier molecular flexibility index (Phi) is 2.76. The first-order valence-corrected chi connectivity index (χ1v) is 4.91. The molecule has 1 aromatic rings. The van der Waals surface area contributed by atoms with Crippen LogP contribution in [0.4, 0.5) is 0 Å². The molecule has 4 heteroatoms. The van der Waals surface area contributed by atoms with Crippen LogP contribution in [0.25, 0.3) is 5.57 Å². The van der Waals surface area contributed by atoms with Crippen LogP contribution in [0.2, 0.25) is 0 Å². The van der Waals surface area contributed by atoms with Crippen molar-refractivity contribution in [3.8, 4) is 0 Å². The first-order chi connectivity index (χ1) is 7.31. The van der Waals surface area contributed by atoms with Crippen LogP contribution in [0.5, 0.6) is 0 Å². The molecular weight excluding hydrogens is 192 g/mol. The molecule has 0 radical (unpaired) electrons. The maximum atomic E-state index is 11.1. The van der Waals surface area contributed by atoms with E-state index in [-0.39, 0.29) is 5.69 Å². The van der Waals surface area contributed by atoms with Crippen LogP contribution in [0.3, 0.4) is 0 Å². The van der Waals surface area contributed by atoms with Crippen LogP contribution in [0, 0.1) is 0 Å². The first kappa shape index (κ1) is 9.83. The monoisotopic (exact) mass is 204 g/mol. The van der Waals surface area contributed by atoms with Crippen molar-refractivity contribution in [2.45, 2.75) is 19.3 Å². The van der Waals surface area contributed by atoms with Crippen LogP contribution >= 0.6 is 0 Å². The number of ether oxygens (including phenoxy) is 1.